The summed E-state index contributed by atoms with van der Waals surface area (Å²) in [6.07, 6.45) is 0.382. The number of nitrogens with zero attached hydrogens (tertiary/aromatic N) is 1. The summed E-state index contributed by atoms with van der Waals surface area (Å²) in [7, 11) is 3.48. The number of carbonyl (C=O) groups excluding carboxylic acids is 1. The molecule has 1 heterocycles. The Morgan fingerprint density at radius 3 is 2.85 bits per heavy atom. The SMILES string of the molecule is CN(C)C(=O)CC(N)c1cccs1. The van der Waals surface area contributed by atoms with E-state index in [-0.39, 0.29) is 11.9 Å². The minimum absolute atomic E-state index is 0.0703. The molecule has 13 heavy (non-hydrogen) atoms. The summed E-state index contributed by atoms with van der Waals surface area (Å²) in [5.41, 5.74) is 5.84. The Morgan fingerprint density at radius 2 is 2.38 bits per heavy atom. The standard InChI is InChI=1S/C9H14N2OS/c1-11(2)9(12)6-7(10)8-4-3-5-13-8/h3-5,7H,6,10H2,1-2H3. The van der Waals surface area contributed by atoms with Gasteiger partial charge in [-0.3, -0.25) is 4.79 Å². The number of amides is 1. The Kier molecular flexibility index (Phi) is 3.45. The predicted molar refractivity (Wildman–Crippen MR) is 54.6 cm³/mol. The maximum Gasteiger partial charge on any atom is 0.223 e. The first-order valence-electron chi connectivity index (χ1n) is 4.10. The van der Waals surface area contributed by atoms with Gasteiger partial charge in [0.15, 0.2) is 0 Å². The summed E-state index contributed by atoms with van der Waals surface area (Å²) in [5, 5.41) is 1.97. The molecule has 0 fully saturated rings. The maximum atomic E-state index is 11.3. The van der Waals surface area contributed by atoms with Gasteiger partial charge in [-0.05, 0) is 11.4 Å². The maximum absolute atomic E-state index is 11.3. The van der Waals surface area contributed by atoms with Crippen LogP contribution in [0.15, 0.2) is 17.5 Å². The van der Waals surface area contributed by atoms with Gasteiger partial charge in [0.25, 0.3) is 0 Å². The summed E-state index contributed by atoms with van der Waals surface area (Å²) in [6, 6.07) is 3.74. The summed E-state index contributed by atoms with van der Waals surface area (Å²) >= 11 is 1.59. The lowest BCUT2D eigenvalue weighted by Crippen LogP contribution is -2.26. The Balaban J connectivity index is 2.51. The van der Waals surface area contributed by atoms with Crippen molar-refractivity contribution in [3.05, 3.63) is 22.4 Å². The largest absolute Gasteiger partial charge is 0.349 e. The first kappa shape index (κ1) is 10.2. The molecule has 4 heteroatoms. The van der Waals surface area contributed by atoms with Crippen molar-refractivity contribution in [3.8, 4) is 0 Å². The molecule has 72 valence electrons. The normalized spacial score (nSPS) is 12.5. The van der Waals surface area contributed by atoms with Crippen molar-refractivity contribution in [2.45, 2.75) is 12.5 Å². The smallest absolute Gasteiger partial charge is 0.223 e. The van der Waals surface area contributed by atoms with E-state index in [2.05, 4.69) is 0 Å². The van der Waals surface area contributed by atoms with Gasteiger partial charge in [0.2, 0.25) is 5.91 Å². The molecule has 1 rings (SSSR count). The second-order valence-corrected chi connectivity index (χ2v) is 4.09. The lowest BCUT2D eigenvalue weighted by Gasteiger charge is -2.13. The highest BCUT2D eigenvalue weighted by Gasteiger charge is 2.13. The third-order valence-corrected chi connectivity index (χ3v) is 2.81. The van der Waals surface area contributed by atoms with Crippen molar-refractivity contribution in [2.24, 2.45) is 5.73 Å². The van der Waals surface area contributed by atoms with E-state index in [0.29, 0.717) is 6.42 Å². The quantitative estimate of drug-likeness (QED) is 0.794. The zero-order valence-corrected chi connectivity index (χ0v) is 8.67. The first-order chi connectivity index (χ1) is 6.11. The molecule has 1 unspecified atom stereocenters. The van der Waals surface area contributed by atoms with Crippen molar-refractivity contribution < 1.29 is 4.79 Å². The van der Waals surface area contributed by atoms with Crippen LogP contribution in [-0.2, 0) is 4.79 Å². The van der Waals surface area contributed by atoms with Crippen LogP contribution in [0.1, 0.15) is 17.3 Å². The van der Waals surface area contributed by atoms with Gasteiger partial charge in [-0.15, -0.1) is 11.3 Å². The van der Waals surface area contributed by atoms with E-state index in [1.165, 1.54) is 0 Å². The van der Waals surface area contributed by atoms with Crippen LogP contribution >= 0.6 is 11.3 Å². The van der Waals surface area contributed by atoms with E-state index in [0.717, 1.165) is 4.88 Å². The van der Waals surface area contributed by atoms with Gasteiger partial charge in [-0.2, -0.15) is 0 Å². The van der Waals surface area contributed by atoms with Crippen LogP contribution in [0.4, 0.5) is 0 Å². The highest BCUT2D eigenvalue weighted by Crippen LogP contribution is 2.19. The van der Waals surface area contributed by atoms with Gasteiger partial charge in [-0.1, -0.05) is 6.07 Å². The number of hydrogen-bond acceptors (Lipinski definition) is 3. The molecule has 0 aliphatic carbocycles. The lowest BCUT2D eigenvalue weighted by molar-refractivity contribution is -0.129. The van der Waals surface area contributed by atoms with Crippen molar-refractivity contribution in [3.63, 3.8) is 0 Å². The number of rotatable bonds is 3. The average Bonchev–Trinajstić information content (AvgIpc) is 2.55. The van der Waals surface area contributed by atoms with E-state index < -0.39 is 0 Å². The molecular formula is C9H14N2OS. The summed E-state index contributed by atoms with van der Waals surface area (Å²) < 4.78 is 0. The molecule has 0 aromatic carbocycles. The number of hydrogen-bond donors (Lipinski definition) is 1. The minimum Gasteiger partial charge on any atom is -0.349 e. The molecule has 0 aliphatic heterocycles. The van der Waals surface area contributed by atoms with Gasteiger partial charge in [0.1, 0.15) is 0 Å². The Hall–Kier alpha value is -0.870. The van der Waals surface area contributed by atoms with Crippen molar-refractivity contribution >= 4 is 17.2 Å². The predicted octanol–water partition coefficient (Wildman–Crippen LogP) is 1.23. The van der Waals surface area contributed by atoms with Crippen LogP contribution in [0.3, 0.4) is 0 Å². The van der Waals surface area contributed by atoms with Crippen molar-refractivity contribution in [1.29, 1.82) is 0 Å². The Morgan fingerprint density at radius 1 is 1.69 bits per heavy atom. The van der Waals surface area contributed by atoms with E-state index in [4.69, 9.17) is 5.73 Å². The topological polar surface area (TPSA) is 46.3 Å². The zero-order chi connectivity index (χ0) is 9.84. The van der Waals surface area contributed by atoms with Crippen molar-refractivity contribution in [1.82, 2.24) is 4.90 Å². The average molecular weight is 198 g/mol. The Bertz CT molecular complexity index is 269. The van der Waals surface area contributed by atoms with Crippen LogP contribution in [0.2, 0.25) is 0 Å². The molecule has 1 aromatic heterocycles. The van der Waals surface area contributed by atoms with Crippen LogP contribution in [0.5, 0.6) is 0 Å². The second-order valence-electron chi connectivity index (χ2n) is 3.11. The second kappa shape index (κ2) is 4.39. The molecule has 1 amide bonds. The van der Waals surface area contributed by atoms with E-state index in [1.54, 1.807) is 30.3 Å². The van der Waals surface area contributed by atoms with Gasteiger partial charge in [0.05, 0.1) is 0 Å². The number of thiophene rings is 1. The fraction of sp³-hybridized carbons (Fsp3) is 0.444. The highest BCUT2D eigenvalue weighted by molar-refractivity contribution is 7.10. The molecule has 0 aliphatic rings. The third-order valence-electron chi connectivity index (χ3n) is 1.80. The van der Waals surface area contributed by atoms with Crippen LogP contribution in [-0.4, -0.2) is 24.9 Å². The van der Waals surface area contributed by atoms with Crippen LogP contribution in [0, 0.1) is 0 Å². The van der Waals surface area contributed by atoms with Gasteiger partial charge >= 0.3 is 0 Å². The molecule has 0 saturated heterocycles. The molecule has 1 atom stereocenters. The summed E-state index contributed by atoms with van der Waals surface area (Å²) in [5.74, 6) is 0.0703. The molecule has 0 saturated carbocycles. The minimum atomic E-state index is -0.158. The van der Waals surface area contributed by atoms with E-state index >= 15 is 0 Å². The summed E-state index contributed by atoms with van der Waals surface area (Å²) in [4.78, 5) is 13.9. The van der Waals surface area contributed by atoms with Gasteiger partial charge < -0.3 is 10.6 Å². The molecule has 1 aromatic rings. The third kappa shape index (κ3) is 2.82. The van der Waals surface area contributed by atoms with Crippen LogP contribution < -0.4 is 5.73 Å². The molecule has 0 bridgehead atoms. The van der Waals surface area contributed by atoms with Gasteiger partial charge in [-0.25, -0.2) is 0 Å². The molecule has 0 radical (unpaired) electrons. The van der Waals surface area contributed by atoms with Crippen LogP contribution in [0.25, 0.3) is 0 Å². The molecule has 2 N–H and O–H groups in total. The zero-order valence-electron chi connectivity index (χ0n) is 7.86. The monoisotopic (exact) mass is 198 g/mol. The molecule has 0 spiro atoms. The van der Waals surface area contributed by atoms with E-state index in [1.807, 2.05) is 17.5 Å². The summed E-state index contributed by atoms with van der Waals surface area (Å²) in [6.45, 7) is 0. The Labute approximate surface area is 82.2 Å². The molecular weight excluding hydrogens is 184 g/mol. The highest BCUT2D eigenvalue weighted by atomic mass is 32.1. The fourth-order valence-corrected chi connectivity index (χ4v) is 1.70. The van der Waals surface area contributed by atoms with E-state index in [9.17, 15) is 4.79 Å². The fourth-order valence-electron chi connectivity index (χ4n) is 0.974. The molecule has 3 nitrogen and oxygen atoms in total. The lowest BCUT2D eigenvalue weighted by atomic mass is 10.2. The number of carbonyl (C=O) groups is 1. The van der Waals surface area contributed by atoms with Gasteiger partial charge in [0, 0.05) is 31.4 Å². The number of nitrogens with two attached hydrogens (primary N) is 1. The first-order valence-corrected chi connectivity index (χ1v) is 4.98. The van der Waals surface area contributed by atoms with Crippen molar-refractivity contribution in [2.75, 3.05) is 14.1 Å².